The highest BCUT2D eigenvalue weighted by molar-refractivity contribution is 5.24. The van der Waals surface area contributed by atoms with Crippen molar-refractivity contribution in [1.29, 1.82) is 0 Å². The molecule has 0 saturated heterocycles. The standard InChI is InChI=1S/C14H23N5O/c1-5-7-13-16-14(20-18-13)9-19-11(4)12(8-15-6-2)10(3)17-19/h15H,5-9H2,1-4H3. The fourth-order valence-corrected chi connectivity index (χ4v) is 2.20. The van der Waals surface area contributed by atoms with Crippen molar-refractivity contribution in [2.45, 2.75) is 53.6 Å². The smallest absolute Gasteiger partial charge is 0.248 e. The number of nitrogens with one attached hydrogen (secondary N) is 1. The molecule has 0 saturated carbocycles. The van der Waals surface area contributed by atoms with Crippen molar-refractivity contribution in [2.75, 3.05) is 6.54 Å². The highest BCUT2D eigenvalue weighted by Crippen LogP contribution is 2.14. The third kappa shape index (κ3) is 3.25. The summed E-state index contributed by atoms with van der Waals surface area (Å²) in [6, 6.07) is 0. The average Bonchev–Trinajstić information content (AvgIpc) is 2.95. The Hall–Kier alpha value is -1.69. The second-order valence-corrected chi connectivity index (χ2v) is 4.94. The van der Waals surface area contributed by atoms with E-state index in [1.165, 1.54) is 5.56 Å². The lowest BCUT2D eigenvalue weighted by Gasteiger charge is -2.03. The summed E-state index contributed by atoms with van der Waals surface area (Å²) in [6.07, 6.45) is 1.87. The summed E-state index contributed by atoms with van der Waals surface area (Å²) >= 11 is 0. The maximum Gasteiger partial charge on any atom is 0.248 e. The molecule has 0 aromatic carbocycles. The lowest BCUT2D eigenvalue weighted by atomic mass is 10.2. The van der Waals surface area contributed by atoms with E-state index < -0.39 is 0 Å². The molecule has 2 rings (SSSR count). The molecule has 0 bridgehead atoms. The first-order valence-electron chi connectivity index (χ1n) is 7.20. The van der Waals surface area contributed by atoms with Crippen molar-refractivity contribution in [3.8, 4) is 0 Å². The Morgan fingerprint density at radius 3 is 2.75 bits per heavy atom. The van der Waals surface area contributed by atoms with Crippen LogP contribution in [0.4, 0.5) is 0 Å². The highest BCUT2D eigenvalue weighted by Gasteiger charge is 2.14. The van der Waals surface area contributed by atoms with E-state index in [0.717, 1.165) is 43.1 Å². The largest absolute Gasteiger partial charge is 0.337 e. The summed E-state index contributed by atoms with van der Waals surface area (Å²) in [5.74, 6) is 1.39. The fourth-order valence-electron chi connectivity index (χ4n) is 2.20. The van der Waals surface area contributed by atoms with E-state index in [1.54, 1.807) is 0 Å². The van der Waals surface area contributed by atoms with E-state index >= 15 is 0 Å². The first-order chi connectivity index (χ1) is 9.65. The van der Waals surface area contributed by atoms with E-state index in [2.05, 4.69) is 41.3 Å². The van der Waals surface area contributed by atoms with Crippen LogP contribution in [0, 0.1) is 13.8 Å². The van der Waals surface area contributed by atoms with Gasteiger partial charge >= 0.3 is 0 Å². The van der Waals surface area contributed by atoms with Crippen molar-refractivity contribution in [2.24, 2.45) is 0 Å². The summed E-state index contributed by atoms with van der Waals surface area (Å²) in [5, 5.41) is 11.9. The van der Waals surface area contributed by atoms with Gasteiger partial charge in [-0.15, -0.1) is 0 Å². The van der Waals surface area contributed by atoms with Gasteiger partial charge in [0.15, 0.2) is 5.82 Å². The topological polar surface area (TPSA) is 68.8 Å². The highest BCUT2D eigenvalue weighted by atomic mass is 16.5. The Kier molecular flexibility index (Phi) is 4.89. The monoisotopic (exact) mass is 277 g/mol. The van der Waals surface area contributed by atoms with Crippen LogP contribution >= 0.6 is 0 Å². The van der Waals surface area contributed by atoms with E-state index in [-0.39, 0.29) is 0 Å². The zero-order valence-corrected chi connectivity index (χ0v) is 12.7. The van der Waals surface area contributed by atoms with Gasteiger partial charge in [-0.3, -0.25) is 4.68 Å². The molecule has 2 aromatic heterocycles. The van der Waals surface area contributed by atoms with Gasteiger partial charge in [0.1, 0.15) is 6.54 Å². The third-order valence-electron chi connectivity index (χ3n) is 3.35. The summed E-state index contributed by atoms with van der Waals surface area (Å²) in [7, 11) is 0. The van der Waals surface area contributed by atoms with Crippen molar-refractivity contribution >= 4 is 0 Å². The second-order valence-electron chi connectivity index (χ2n) is 4.94. The normalized spacial score (nSPS) is 11.2. The van der Waals surface area contributed by atoms with Crippen LogP contribution in [0.3, 0.4) is 0 Å². The van der Waals surface area contributed by atoms with Crippen LogP contribution in [0.25, 0.3) is 0 Å². The Balaban J connectivity index is 2.12. The molecule has 110 valence electrons. The molecular formula is C14H23N5O. The predicted molar refractivity (Wildman–Crippen MR) is 76.5 cm³/mol. The van der Waals surface area contributed by atoms with Crippen molar-refractivity contribution in [1.82, 2.24) is 25.2 Å². The molecule has 20 heavy (non-hydrogen) atoms. The van der Waals surface area contributed by atoms with E-state index in [4.69, 9.17) is 4.52 Å². The van der Waals surface area contributed by atoms with Crippen LogP contribution in [0.2, 0.25) is 0 Å². The van der Waals surface area contributed by atoms with Gasteiger partial charge in [-0.05, 0) is 26.8 Å². The minimum absolute atomic E-state index is 0.537. The van der Waals surface area contributed by atoms with Gasteiger partial charge < -0.3 is 9.84 Å². The van der Waals surface area contributed by atoms with Crippen LogP contribution < -0.4 is 5.32 Å². The van der Waals surface area contributed by atoms with E-state index in [1.807, 2.05) is 11.6 Å². The molecule has 0 spiro atoms. The molecule has 6 heteroatoms. The number of hydrogen-bond donors (Lipinski definition) is 1. The maximum absolute atomic E-state index is 5.27. The Labute approximate surface area is 119 Å². The molecule has 0 atom stereocenters. The molecule has 0 amide bonds. The first-order valence-corrected chi connectivity index (χ1v) is 7.20. The predicted octanol–water partition coefficient (Wildman–Crippen LogP) is 1.99. The minimum atomic E-state index is 0.537. The lowest BCUT2D eigenvalue weighted by molar-refractivity contribution is 0.359. The van der Waals surface area contributed by atoms with Gasteiger partial charge in [0.05, 0.1) is 5.69 Å². The third-order valence-corrected chi connectivity index (χ3v) is 3.35. The molecule has 0 aliphatic heterocycles. The van der Waals surface area contributed by atoms with Gasteiger partial charge in [0.2, 0.25) is 5.89 Å². The number of rotatable bonds is 7. The minimum Gasteiger partial charge on any atom is -0.337 e. The average molecular weight is 277 g/mol. The maximum atomic E-state index is 5.27. The number of hydrogen-bond acceptors (Lipinski definition) is 5. The van der Waals surface area contributed by atoms with Crippen LogP contribution in [0.5, 0.6) is 0 Å². The number of aryl methyl sites for hydroxylation is 2. The number of aromatic nitrogens is 4. The lowest BCUT2D eigenvalue weighted by Crippen LogP contribution is -2.13. The fraction of sp³-hybridized carbons (Fsp3) is 0.643. The summed E-state index contributed by atoms with van der Waals surface area (Å²) in [6.45, 7) is 10.7. The summed E-state index contributed by atoms with van der Waals surface area (Å²) < 4.78 is 7.20. The zero-order valence-electron chi connectivity index (χ0n) is 12.7. The van der Waals surface area contributed by atoms with Crippen molar-refractivity contribution in [3.05, 3.63) is 28.7 Å². The summed E-state index contributed by atoms with van der Waals surface area (Å²) in [5.41, 5.74) is 3.45. The molecule has 0 fully saturated rings. The molecule has 0 radical (unpaired) electrons. The van der Waals surface area contributed by atoms with Crippen LogP contribution in [0.15, 0.2) is 4.52 Å². The van der Waals surface area contributed by atoms with Gasteiger partial charge in [-0.2, -0.15) is 10.1 Å². The molecule has 1 N–H and O–H groups in total. The van der Waals surface area contributed by atoms with Gasteiger partial charge in [-0.25, -0.2) is 0 Å². The molecular weight excluding hydrogens is 254 g/mol. The van der Waals surface area contributed by atoms with Crippen molar-refractivity contribution < 1.29 is 4.52 Å². The molecule has 0 unspecified atom stereocenters. The molecule has 0 aliphatic carbocycles. The van der Waals surface area contributed by atoms with Crippen LogP contribution in [-0.4, -0.2) is 26.5 Å². The van der Waals surface area contributed by atoms with Crippen LogP contribution in [0.1, 0.15) is 48.9 Å². The SMILES string of the molecule is CCCc1noc(Cn2nc(C)c(CNCC)c2C)n1. The van der Waals surface area contributed by atoms with Gasteiger partial charge in [0.25, 0.3) is 0 Å². The zero-order chi connectivity index (χ0) is 14.5. The molecule has 6 nitrogen and oxygen atoms in total. The molecule has 2 aromatic rings. The van der Waals surface area contributed by atoms with E-state index in [0.29, 0.717) is 12.4 Å². The summed E-state index contributed by atoms with van der Waals surface area (Å²) in [4.78, 5) is 4.38. The van der Waals surface area contributed by atoms with Gasteiger partial charge in [0, 0.05) is 24.2 Å². The van der Waals surface area contributed by atoms with Crippen LogP contribution in [-0.2, 0) is 19.5 Å². The molecule has 0 aliphatic rings. The Morgan fingerprint density at radius 1 is 1.25 bits per heavy atom. The first kappa shape index (κ1) is 14.7. The Morgan fingerprint density at radius 2 is 2.05 bits per heavy atom. The number of nitrogens with zero attached hydrogens (tertiary/aromatic N) is 4. The molecule has 2 heterocycles. The van der Waals surface area contributed by atoms with Gasteiger partial charge in [-0.1, -0.05) is 19.0 Å². The second kappa shape index (κ2) is 6.65. The van der Waals surface area contributed by atoms with Crippen molar-refractivity contribution in [3.63, 3.8) is 0 Å². The quantitative estimate of drug-likeness (QED) is 0.838. The van der Waals surface area contributed by atoms with E-state index in [9.17, 15) is 0 Å². The Bertz CT molecular complexity index is 558.